The molecule has 1 saturated heterocycles. The zero-order valence-electron chi connectivity index (χ0n) is 36.8. The fourth-order valence-corrected chi connectivity index (χ4v) is 7.50. The van der Waals surface area contributed by atoms with Gasteiger partial charge in [0.2, 0.25) is 5.91 Å². The van der Waals surface area contributed by atoms with Gasteiger partial charge in [0, 0.05) is 39.8 Å². The molecule has 1 aliphatic heterocycles. The fourth-order valence-electron chi connectivity index (χ4n) is 7.50. The number of carboxylic acid groups (broad SMARTS) is 1. The van der Waals surface area contributed by atoms with E-state index in [1.165, 1.54) is 6.42 Å². The lowest BCUT2D eigenvalue weighted by molar-refractivity contribution is -0.280. The third kappa shape index (κ3) is 15.5. The molecular weight excluding hydrogens is 833 g/mol. The number of alkyl carbamates (subject to hydrolysis) is 1. The zero-order chi connectivity index (χ0) is 46.5. The number of primary amides is 1. The number of methoxy groups -OCH3 is 2. The lowest BCUT2D eigenvalue weighted by Crippen LogP contribution is -2.58. The van der Waals surface area contributed by atoms with E-state index in [0.29, 0.717) is 30.9 Å². The van der Waals surface area contributed by atoms with Gasteiger partial charge in [-0.1, -0.05) is 80.3 Å². The Labute approximate surface area is 373 Å². The lowest BCUT2D eigenvalue weighted by Gasteiger charge is -2.45. The van der Waals surface area contributed by atoms with Gasteiger partial charge in [0.05, 0.1) is 33.2 Å². The van der Waals surface area contributed by atoms with Gasteiger partial charge in [-0.3, -0.25) is 19.2 Å². The molecule has 0 aromatic heterocycles. The molecule has 64 heavy (non-hydrogen) atoms. The lowest BCUT2D eigenvalue weighted by atomic mass is 9.80. The summed E-state index contributed by atoms with van der Waals surface area (Å²) < 4.78 is 45.7. The van der Waals surface area contributed by atoms with Crippen LogP contribution in [0.15, 0.2) is 78.9 Å². The number of nitrogens with one attached hydrogen (secondary N) is 1. The number of carbonyl (C=O) groups excluding carboxylic acids is 4. The summed E-state index contributed by atoms with van der Waals surface area (Å²) in [6.45, 7) is 2.43. The summed E-state index contributed by atoms with van der Waals surface area (Å²) in [7, 11) is 3.19. The summed E-state index contributed by atoms with van der Waals surface area (Å²) >= 11 is 0. The Kier molecular flexibility index (Phi) is 20.8. The Hall–Kier alpha value is -5.75. The van der Waals surface area contributed by atoms with Crippen molar-refractivity contribution >= 4 is 29.9 Å². The van der Waals surface area contributed by atoms with Crippen LogP contribution in [-0.4, -0.2) is 111 Å². The number of carboxylic acids is 1. The van der Waals surface area contributed by atoms with Gasteiger partial charge in [-0.15, -0.1) is 0 Å². The molecule has 0 saturated carbocycles. The van der Waals surface area contributed by atoms with E-state index in [1.54, 1.807) is 14.2 Å². The normalized spacial score (nSPS) is 18.9. The van der Waals surface area contributed by atoms with Gasteiger partial charge < -0.3 is 59.2 Å². The molecule has 1 radical (unpaired) electrons. The molecule has 2 amide bonds. The van der Waals surface area contributed by atoms with Gasteiger partial charge in [0.25, 0.3) is 0 Å². The monoisotopic (exact) mass is 893 g/mol. The number of nitrogens with two attached hydrogens (primary N) is 1. The molecule has 0 bridgehead atoms. The number of benzene rings is 3. The van der Waals surface area contributed by atoms with Crippen LogP contribution in [0.25, 0.3) is 0 Å². The van der Waals surface area contributed by atoms with Gasteiger partial charge in [-0.25, -0.2) is 4.79 Å². The van der Waals surface area contributed by atoms with Crippen molar-refractivity contribution in [2.45, 2.75) is 102 Å². The van der Waals surface area contributed by atoms with Crippen molar-refractivity contribution in [1.29, 1.82) is 0 Å². The highest BCUT2D eigenvalue weighted by Crippen LogP contribution is 2.42. The molecule has 1 aliphatic rings. The highest BCUT2D eigenvalue weighted by molar-refractivity contribution is 5.74. The van der Waals surface area contributed by atoms with E-state index < -0.39 is 78.6 Å². The molecule has 3 aromatic carbocycles. The SMILES string of the molecule is COc1ccc(C(OC[C@H](O)COC(=O)NCCCCCCCCO[C@@H]2O[C@H]([CH]CC(=O)O)[C@@H](OC(C)=O)[C@H](OC(C)=O)[C@H]2CC(N)=O)(c2ccccc2)c2ccc(OC)cc2)cc1. The average molecular weight is 894 g/mol. The number of rotatable bonds is 27. The smallest absolute Gasteiger partial charge is 0.407 e. The van der Waals surface area contributed by atoms with Gasteiger partial charge in [0.15, 0.2) is 12.4 Å². The first-order valence-electron chi connectivity index (χ1n) is 21.3. The van der Waals surface area contributed by atoms with Gasteiger partial charge in [-0.05, 0) is 53.8 Å². The van der Waals surface area contributed by atoms with E-state index in [1.807, 2.05) is 78.9 Å². The largest absolute Gasteiger partial charge is 0.497 e. The predicted octanol–water partition coefficient (Wildman–Crippen LogP) is 5.22. The van der Waals surface area contributed by atoms with Crippen LogP contribution in [-0.2, 0) is 53.2 Å². The first-order chi connectivity index (χ1) is 30.8. The minimum Gasteiger partial charge on any atom is -0.497 e. The molecule has 6 atom stereocenters. The van der Waals surface area contributed by atoms with Gasteiger partial charge in [0.1, 0.15) is 42.0 Å². The standard InChI is InChI=1S/C47H61N2O15/c1-31(50)62-43-39(28-41(48)53)45(64-40(24-25-42(54)55)44(43)63-32(2)51)59-27-13-8-6-5-7-12-26-49-46(56)60-29-36(52)30-61-47(33-14-10-9-11-15-33,34-16-20-37(57-3)21-17-34)35-18-22-38(58-4)23-19-35/h9-11,14-24,36,39-40,43-45,52H,5-8,12-13,25-30H2,1-4H3,(H2,48,53)(H,49,56)(H,54,55)/t36-,39-,40-,43-,44-,45-/m1/s1. The number of amides is 2. The van der Waals surface area contributed by atoms with Crippen LogP contribution in [0.2, 0.25) is 0 Å². The summed E-state index contributed by atoms with van der Waals surface area (Å²) in [6, 6.07) is 24.7. The second-order valence-corrected chi connectivity index (χ2v) is 15.3. The molecule has 349 valence electrons. The van der Waals surface area contributed by atoms with E-state index in [-0.39, 0.29) is 26.2 Å². The maximum Gasteiger partial charge on any atom is 0.407 e. The Balaban J connectivity index is 1.21. The first kappa shape index (κ1) is 50.9. The Bertz CT molecular complexity index is 1860. The molecule has 1 fully saturated rings. The van der Waals surface area contributed by atoms with E-state index in [0.717, 1.165) is 56.2 Å². The third-order valence-corrected chi connectivity index (χ3v) is 10.5. The van der Waals surface area contributed by atoms with Gasteiger partial charge >= 0.3 is 24.0 Å². The number of aliphatic hydroxyl groups is 1. The van der Waals surface area contributed by atoms with Crippen LogP contribution in [0, 0.1) is 12.3 Å². The molecule has 4 rings (SSSR count). The number of hydrogen-bond acceptors (Lipinski definition) is 14. The second-order valence-electron chi connectivity index (χ2n) is 15.3. The Morgan fingerprint density at radius 3 is 1.86 bits per heavy atom. The molecular formula is C47H61N2O15. The molecule has 1 heterocycles. The molecule has 5 N–H and O–H groups in total. The molecule has 0 spiro atoms. The maximum absolute atomic E-state index is 12.5. The van der Waals surface area contributed by atoms with E-state index in [4.69, 9.17) is 43.6 Å². The van der Waals surface area contributed by atoms with Crippen LogP contribution in [0.5, 0.6) is 11.5 Å². The van der Waals surface area contributed by atoms with Crippen molar-refractivity contribution in [2.75, 3.05) is 40.6 Å². The highest BCUT2D eigenvalue weighted by Gasteiger charge is 2.50. The minimum absolute atomic E-state index is 0.163. The van der Waals surface area contributed by atoms with Crippen LogP contribution >= 0.6 is 0 Å². The Morgan fingerprint density at radius 1 is 0.766 bits per heavy atom. The number of carbonyl (C=O) groups is 5. The van der Waals surface area contributed by atoms with Crippen molar-refractivity contribution in [2.24, 2.45) is 11.7 Å². The van der Waals surface area contributed by atoms with Crippen molar-refractivity contribution in [1.82, 2.24) is 5.32 Å². The molecule has 0 unspecified atom stereocenters. The highest BCUT2D eigenvalue weighted by atomic mass is 16.7. The quantitative estimate of drug-likeness (QED) is 0.0332. The molecule has 0 aliphatic carbocycles. The number of aliphatic carboxylic acids is 1. The summed E-state index contributed by atoms with van der Waals surface area (Å²) in [6.07, 6.45) is -1.26. The molecule has 17 nitrogen and oxygen atoms in total. The van der Waals surface area contributed by atoms with Crippen LogP contribution in [0.3, 0.4) is 0 Å². The van der Waals surface area contributed by atoms with Crippen molar-refractivity contribution in [3.05, 3.63) is 102 Å². The first-order valence-corrected chi connectivity index (χ1v) is 21.3. The summed E-state index contributed by atoms with van der Waals surface area (Å²) in [5, 5.41) is 23.0. The van der Waals surface area contributed by atoms with Crippen LogP contribution < -0.4 is 20.5 Å². The van der Waals surface area contributed by atoms with E-state index >= 15 is 0 Å². The van der Waals surface area contributed by atoms with Crippen LogP contribution in [0.4, 0.5) is 4.79 Å². The topological polar surface area (TPSA) is 238 Å². The third-order valence-electron chi connectivity index (χ3n) is 10.5. The van der Waals surface area contributed by atoms with Crippen LogP contribution in [0.1, 0.15) is 81.9 Å². The fraction of sp³-hybridized carbons (Fsp3) is 0.489. The number of esters is 2. The zero-order valence-corrected chi connectivity index (χ0v) is 36.8. The second kappa shape index (κ2) is 26.1. The molecule has 3 aromatic rings. The summed E-state index contributed by atoms with van der Waals surface area (Å²) in [4.78, 5) is 59.9. The average Bonchev–Trinajstić information content (AvgIpc) is 3.27. The number of unbranched alkanes of at least 4 members (excludes halogenated alkanes) is 5. The number of hydrogen-bond donors (Lipinski definition) is 4. The summed E-state index contributed by atoms with van der Waals surface area (Å²) in [5.74, 6) is -2.88. The van der Waals surface area contributed by atoms with Crippen molar-refractivity contribution in [3.8, 4) is 11.5 Å². The van der Waals surface area contributed by atoms with E-state index in [2.05, 4.69) is 5.32 Å². The molecule has 17 heteroatoms. The summed E-state index contributed by atoms with van der Waals surface area (Å²) in [5.41, 5.74) is 6.77. The van der Waals surface area contributed by atoms with Crippen molar-refractivity contribution in [3.63, 3.8) is 0 Å². The van der Waals surface area contributed by atoms with E-state index in [9.17, 15) is 34.2 Å². The number of ether oxygens (including phenoxy) is 8. The minimum atomic E-state index is -1.23. The number of aliphatic hydroxyl groups excluding tert-OH is 1. The Morgan fingerprint density at radius 2 is 1.31 bits per heavy atom. The van der Waals surface area contributed by atoms with Gasteiger partial charge in [-0.2, -0.15) is 0 Å². The predicted molar refractivity (Wildman–Crippen MR) is 231 cm³/mol. The van der Waals surface area contributed by atoms with Crippen molar-refractivity contribution < 1.29 is 72.1 Å². The maximum atomic E-state index is 12.5.